The quantitative estimate of drug-likeness (QED) is 0.175. The Morgan fingerprint density at radius 3 is 1.96 bits per heavy atom. The van der Waals surface area contributed by atoms with E-state index >= 15 is 0 Å². The Kier molecular flexibility index (Phi) is 8.14. The predicted octanol–water partition coefficient (Wildman–Crippen LogP) is 14.2. The van der Waals surface area contributed by atoms with E-state index in [4.69, 9.17) is 0 Å². The fourth-order valence-electron chi connectivity index (χ4n) is 7.70. The Bertz CT molecular complexity index is 2200. The number of benzene rings is 6. The Hall–Kier alpha value is -4.66. The fourth-order valence-corrected chi connectivity index (χ4v) is 8.84. The number of thiophene rings is 1. The van der Waals surface area contributed by atoms with Gasteiger partial charge in [-0.2, -0.15) is 0 Å². The topological polar surface area (TPSA) is 3.24 Å². The van der Waals surface area contributed by atoms with Crippen molar-refractivity contribution in [3.05, 3.63) is 151 Å². The van der Waals surface area contributed by atoms with Crippen LogP contribution in [0.15, 0.2) is 140 Å². The van der Waals surface area contributed by atoms with Crippen molar-refractivity contribution in [2.24, 2.45) is 0 Å². The number of anilines is 3. The first-order valence-corrected chi connectivity index (χ1v) is 18.4. The summed E-state index contributed by atoms with van der Waals surface area (Å²) in [6.45, 7) is 7.09. The summed E-state index contributed by atoms with van der Waals surface area (Å²) in [5, 5.41) is 2.66. The van der Waals surface area contributed by atoms with Crippen molar-refractivity contribution in [2.75, 3.05) is 4.90 Å². The molecule has 1 aliphatic carbocycles. The summed E-state index contributed by atoms with van der Waals surface area (Å²) in [5.74, 6) is 0.627. The van der Waals surface area contributed by atoms with E-state index in [9.17, 15) is 0 Å². The zero-order valence-electron chi connectivity index (χ0n) is 28.2. The lowest BCUT2D eigenvalue weighted by Gasteiger charge is -2.35. The van der Waals surface area contributed by atoms with E-state index in [-0.39, 0.29) is 5.41 Å². The summed E-state index contributed by atoms with van der Waals surface area (Å²) >= 11 is 1.89. The molecule has 0 unspecified atom stereocenters. The van der Waals surface area contributed by atoms with Gasteiger partial charge in [0, 0.05) is 37.1 Å². The molecular formula is C46H43NS. The highest BCUT2D eigenvalue weighted by atomic mass is 32.1. The van der Waals surface area contributed by atoms with Crippen molar-refractivity contribution in [3.63, 3.8) is 0 Å². The zero-order valence-corrected chi connectivity index (χ0v) is 29.1. The third-order valence-electron chi connectivity index (χ3n) is 10.2. The molecule has 0 N–H and O–H groups in total. The molecule has 1 nitrogen and oxygen atoms in total. The molecule has 48 heavy (non-hydrogen) atoms. The molecule has 0 bridgehead atoms. The molecule has 0 amide bonds. The third kappa shape index (κ3) is 5.84. The normalized spacial score (nSPS) is 14.1. The van der Waals surface area contributed by atoms with E-state index in [2.05, 4.69) is 165 Å². The summed E-state index contributed by atoms with van der Waals surface area (Å²) in [4.78, 5) is 2.58. The molecule has 0 saturated heterocycles. The van der Waals surface area contributed by atoms with Crippen molar-refractivity contribution in [1.82, 2.24) is 0 Å². The summed E-state index contributed by atoms with van der Waals surface area (Å²) in [6.07, 6.45) is 6.58. The monoisotopic (exact) mass is 641 g/mol. The second-order valence-corrected chi connectivity index (χ2v) is 15.5. The van der Waals surface area contributed by atoms with E-state index in [1.807, 2.05) is 11.3 Å². The second-order valence-electron chi connectivity index (χ2n) is 14.4. The van der Waals surface area contributed by atoms with E-state index in [0.717, 1.165) is 0 Å². The van der Waals surface area contributed by atoms with Crippen LogP contribution in [0.3, 0.4) is 0 Å². The molecule has 0 atom stereocenters. The van der Waals surface area contributed by atoms with Crippen molar-refractivity contribution in [2.45, 2.75) is 64.2 Å². The van der Waals surface area contributed by atoms with Gasteiger partial charge in [0.05, 0.1) is 5.69 Å². The van der Waals surface area contributed by atoms with Crippen LogP contribution in [-0.2, 0) is 5.41 Å². The molecule has 1 aromatic heterocycles. The maximum absolute atomic E-state index is 2.58. The van der Waals surface area contributed by atoms with E-state index < -0.39 is 0 Å². The molecule has 8 rings (SSSR count). The standard InChI is InChI=1S/C46H43NS/c1-46(2,3)42-30-36(33-18-9-5-10-19-33)29-41(34-20-11-6-12-21-34)45(42)47(37-23-15-22-35(28-37)32-16-7-4-8-17-32)38-26-27-40-39-24-13-14-25-43(39)48-44(40)31-38/h5-6,9-15,18-32H,4,7-8,16-17H2,1-3H3. The molecule has 1 heterocycles. The lowest BCUT2D eigenvalue weighted by Crippen LogP contribution is -2.20. The van der Waals surface area contributed by atoms with E-state index in [1.165, 1.54) is 103 Å². The lowest BCUT2D eigenvalue weighted by atomic mass is 9.80. The van der Waals surface area contributed by atoms with Gasteiger partial charge in [0.2, 0.25) is 0 Å². The van der Waals surface area contributed by atoms with Gasteiger partial charge in [-0.05, 0) is 94.5 Å². The zero-order chi connectivity index (χ0) is 32.7. The van der Waals surface area contributed by atoms with Gasteiger partial charge >= 0.3 is 0 Å². The highest BCUT2D eigenvalue weighted by Gasteiger charge is 2.29. The van der Waals surface area contributed by atoms with Gasteiger partial charge in [0.15, 0.2) is 0 Å². The number of hydrogen-bond acceptors (Lipinski definition) is 2. The van der Waals surface area contributed by atoms with Crippen molar-refractivity contribution < 1.29 is 0 Å². The van der Waals surface area contributed by atoms with Crippen LogP contribution in [0, 0.1) is 0 Å². The minimum Gasteiger partial charge on any atom is -0.310 e. The minimum atomic E-state index is -0.120. The molecular weight excluding hydrogens is 599 g/mol. The number of hydrogen-bond donors (Lipinski definition) is 0. The predicted molar refractivity (Wildman–Crippen MR) is 209 cm³/mol. The Morgan fingerprint density at radius 2 is 1.21 bits per heavy atom. The SMILES string of the molecule is CC(C)(C)c1cc(-c2ccccc2)cc(-c2ccccc2)c1N(c1cccc(C2CCCCC2)c1)c1ccc2c(c1)sc1ccccc12. The van der Waals surface area contributed by atoms with Crippen LogP contribution in [0.25, 0.3) is 42.4 Å². The Labute approximate surface area is 289 Å². The van der Waals surface area contributed by atoms with Gasteiger partial charge in [0.25, 0.3) is 0 Å². The molecule has 0 radical (unpaired) electrons. The van der Waals surface area contributed by atoms with Gasteiger partial charge in [0.1, 0.15) is 0 Å². The first-order valence-electron chi connectivity index (χ1n) is 17.5. The van der Waals surface area contributed by atoms with Crippen molar-refractivity contribution in [3.8, 4) is 22.3 Å². The van der Waals surface area contributed by atoms with Crippen LogP contribution in [0.1, 0.15) is 69.9 Å². The molecule has 2 heteroatoms. The van der Waals surface area contributed by atoms with Gasteiger partial charge in [-0.25, -0.2) is 0 Å². The number of rotatable bonds is 6. The molecule has 1 fully saturated rings. The molecule has 7 aromatic rings. The summed E-state index contributed by atoms with van der Waals surface area (Å²) in [7, 11) is 0. The number of nitrogens with zero attached hydrogens (tertiary/aromatic N) is 1. The van der Waals surface area contributed by atoms with E-state index in [0.29, 0.717) is 5.92 Å². The fraction of sp³-hybridized carbons (Fsp3) is 0.217. The maximum Gasteiger partial charge on any atom is 0.0577 e. The Morgan fingerprint density at radius 1 is 0.542 bits per heavy atom. The Balaban J connectivity index is 1.43. The second kappa shape index (κ2) is 12.7. The third-order valence-corrected chi connectivity index (χ3v) is 11.3. The van der Waals surface area contributed by atoms with Crippen LogP contribution in [0.2, 0.25) is 0 Å². The van der Waals surface area contributed by atoms with Crippen LogP contribution < -0.4 is 4.90 Å². The highest BCUT2D eigenvalue weighted by molar-refractivity contribution is 7.25. The molecule has 6 aromatic carbocycles. The maximum atomic E-state index is 2.58. The lowest BCUT2D eigenvalue weighted by molar-refractivity contribution is 0.443. The van der Waals surface area contributed by atoms with Crippen molar-refractivity contribution in [1.29, 1.82) is 0 Å². The highest BCUT2D eigenvalue weighted by Crippen LogP contribution is 2.50. The van der Waals surface area contributed by atoms with Gasteiger partial charge in [-0.1, -0.05) is 137 Å². The van der Waals surface area contributed by atoms with Gasteiger partial charge < -0.3 is 4.90 Å². The molecule has 0 spiro atoms. The van der Waals surface area contributed by atoms with Gasteiger partial charge in [-0.3, -0.25) is 0 Å². The van der Waals surface area contributed by atoms with E-state index in [1.54, 1.807) is 0 Å². The van der Waals surface area contributed by atoms with Crippen LogP contribution in [0.4, 0.5) is 17.1 Å². The van der Waals surface area contributed by atoms with Crippen LogP contribution >= 0.6 is 11.3 Å². The van der Waals surface area contributed by atoms with Crippen molar-refractivity contribution >= 4 is 48.6 Å². The first-order chi connectivity index (χ1) is 23.4. The largest absolute Gasteiger partial charge is 0.310 e. The summed E-state index contributed by atoms with van der Waals surface area (Å²) in [6, 6.07) is 52.2. The summed E-state index contributed by atoms with van der Waals surface area (Å²) in [5.41, 5.74) is 11.3. The molecule has 0 aliphatic heterocycles. The summed E-state index contributed by atoms with van der Waals surface area (Å²) < 4.78 is 2.66. The molecule has 238 valence electrons. The smallest absolute Gasteiger partial charge is 0.0577 e. The molecule has 1 saturated carbocycles. The van der Waals surface area contributed by atoms with Gasteiger partial charge in [-0.15, -0.1) is 11.3 Å². The average Bonchev–Trinajstić information content (AvgIpc) is 3.50. The first kappa shape index (κ1) is 30.7. The average molecular weight is 642 g/mol. The van der Waals surface area contributed by atoms with Crippen LogP contribution in [0.5, 0.6) is 0 Å². The number of fused-ring (bicyclic) bond motifs is 3. The molecule has 1 aliphatic rings. The minimum absolute atomic E-state index is 0.120. The van der Waals surface area contributed by atoms with Crippen LogP contribution in [-0.4, -0.2) is 0 Å².